The van der Waals surface area contributed by atoms with E-state index >= 15 is 0 Å². The van der Waals surface area contributed by atoms with Gasteiger partial charge in [0.1, 0.15) is 0 Å². The van der Waals surface area contributed by atoms with Gasteiger partial charge in [0, 0.05) is 38.4 Å². The van der Waals surface area contributed by atoms with Crippen LogP contribution in [0.1, 0.15) is 24.8 Å². The quantitative estimate of drug-likeness (QED) is 0.377. The number of oxime groups is 1. The summed E-state index contributed by atoms with van der Waals surface area (Å²) in [4.78, 5) is 4.22. The van der Waals surface area contributed by atoms with Crippen LogP contribution in [0.5, 0.6) is 0 Å². The minimum absolute atomic E-state index is 0.608. The number of benzene rings is 1. The van der Waals surface area contributed by atoms with Gasteiger partial charge in [-0.15, -0.1) is 0 Å². The van der Waals surface area contributed by atoms with Crippen LogP contribution in [0.15, 0.2) is 29.4 Å². The van der Waals surface area contributed by atoms with Gasteiger partial charge in [0.2, 0.25) is 0 Å². The van der Waals surface area contributed by atoms with Crippen LogP contribution in [0.3, 0.4) is 0 Å². The molecule has 0 radical (unpaired) electrons. The smallest absolute Gasteiger partial charge is 0.176 e. The average molecular weight is 247 g/mol. The van der Waals surface area contributed by atoms with E-state index in [1.807, 2.05) is 37.2 Å². The fourth-order valence-corrected chi connectivity index (χ4v) is 2.46. The molecule has 4 nitrogen and oxygen atoms in total. The van der Waals surface area contributed by atoms with Crippen molar-refractivity contribution in [2.24, 2.45) is 5.16 Å². The summed E-state index contributed by atoms with van der Waals surface area (Å²) in [7, 11) is 3.78. The van der Waals surface area contributed by atoms with Crippen molar-refractivity contribution in [1.29, 1.82) is 0 Å². The van der Waals surface area contributed by atoms with Gasteiger partial charge >= 0.3 is 0 Å². The van der Waals surface area contributed by atoms with Crippen molar-refractivity contribution in [1.82, 2.24) is 4.90 Å². The van der Waals surface area contributed by atoms with Crippen LogP contribution >= 0.6 is 0 Å². The molecule has 0 saturated carbocycles. The van der Waals surface area contributed by atoms with E-state index in [0.717, 1.165) is 18.7 Å². The molecule has 0 amide bonds. The molecule has 0 aromatic heterocycles. The number of anilines is 1. The van der Waals surface area contributed by atoms with Crippen molar-refractivity contribution in [3.8, 4) is 0 Å². The van der Waals surface area contributed by atoms with Crippen LogP contribution in [-0.4, -0.2) is 43.1 Å². The lowest BCUT2D eigenvalue weighted by atomic mass is 10.1. The Hall–Kier alpha value is -1.71. The lowest BCUT2D eigenvalue weighted by Gasteiger charge is -2.31. The Labute approximate surface area is 109 Å². The highest BCUT2D eigenvalue weighted by Crippen LogP contribution is 2.25. The van der Waals surface area contributed by atoms with Crippen molar-refractivity contribution < 1.29 is 5.21 Å². The van der Waals surface area contributed by atoms with Crippen molar-refractivity contribution in [3.63, 3.8) is 0 Å². The standard InChI is InChI=1S/C14H21N3O/c1-16(2)14(15-18)12-8-4-5-9-13(12)17-10-6-3-7-11-17/h4-5,8-9,18H,3,6-7,10-11H2,1-2H3/b15-14-. The third kappa shape index (κ3) is 2.58. The van der Waals surface area contributed by atoms with Crippen LogP contribution in [0.2, 0.25) is 0 Å². The molecular weight excluding hydrogens is 226 g/mol. The lowest BCUT2D eigenvalue weighted by Crippen LogP contribution is -2.32. The van der Waals surface area contributed by atoms with Crippen LogP contribution in [0, 0.1) is 0 Å². The number of nitrogens with zero attached hydrogens (tertiary/aromatic N) is 3. The molecule has 1 aliphatic heterocycles. The second-order valence-electron chi connectivity index (χ2n) is 4.88. The van der Waals surface area contributed by atoms with Crippen LogP contribution in [0.25, 0.3) is 0 Å². The van der Waals surface area contributed by atoms with Crippen molar-refractivity contribution in [2.45, 2.75) is 19.3 Å². The van der Waals surface area contributed by atoms with E-state index in [-0.39, 0.29) is 0 Å². The first-order valence-corrected chi connectivity index (χ1v) is 6.48. The largest absolute Gasteiger partial charge is 0.409 e. The Balaban J connectivity index is 2.35. The molecule has 1 saturated heterocycles. The molecule has 1 fully saturated rings. The molecule has 1 aromatic carbocycles. The maximum Gasteiger partial charge on any atom is 0.176 e. The highest BCUT2D eigenvalue weighted by atomic mass is 16.4. The molecule has 0 atom stereocenters. The van der Waals surface area contributed by atoms with Gasteiger partial charge < -0.3 is 15.0 Å². The SMILES string of the molecule is CN(C)/C(=N\O)c1ccccc1N1CCCCC1. The van der Waals surface area contributed by atoms with E-state index in [1.165, 1.54) is 24.9 Å². The molecule has 1 aromatic rings. The predicted molar refractivity (Wildman–Crippen MR) is 74.5 cm³/mol. The first-order valence-electron chi connectivity index (χ1n) is 6.48. The topological polar surface area (TPSA) is 39.1 Å². The zero-order chi connectivity index (χ0) is 13.0. The normalized spacial score (nSPS) is 16.8. The van der Waals surface area contributed by atoms with Crippen LogP contribution in [-0.2, 0) is 0 Å². The number of para-hydroxylation sites is 1. The Morgan fingerprint density at radius 1 is 1.17 bits per heavy atom. The molecule has 2 rings (SSSR count). The monoisotopic (exact) mass is 247 g/mol. The summed E-state index contributed by atoms with van der Waals surface area (Å²) < 4.78 is 0. The Morgan fingerprint density at radius 2 is 1.83 bits per heavy atom. The van der Waals surface area contributed by atoms with E-state index in [1.54, 1.807) is 0 Å². The number of hydrogen-bond acceptors (Lipinski definition) is 3. The molecule has 0 bridgehead atoms. The number of amidine groups is 1. The summed E-state index contributed by atoms with van der Waals surface area (Å²) >= 11 is 0. The summed E-state index contributed by atoms with van der Waals surface area (Å²) in [5.41, 5.74) is 2.16. The minimum Gasteiger partial charge on any atom is -0.409 e. The van der Waals surface area contributed by atoms with E-state index in [0.29, 0.717) is 5.84 Å². The van der Waals surface area contributed by atoms with E-state index in [2.05, 4.69) is 16.1 Å². The fraction of sp³-hybridized carbons (Fsp3) is 0.500. The second kappa shape index (κ2) is 5.76. The molecular formula is C14H21N3O. The van der Waals surface area contributed by atoms with Gasteiger partial charge in [-0.05, 0) is 31.4 Å². The highest BCUT2D eigenvalue weighted by molar-refractivity contribution is 6.03. The van der Waals surface area contributed by atoms with Crippen molar-refractivity contribution in [2.75, 3.05) is 32.1 Å². The molecule has 0 unspecified atom stereocenters. The lowest BCUT2D eigenvalue weighted by molar-refractivity contribution is 0.310. The number of rotatable bonds is 2. The van der Waals surface area contributed by atoms with Crippen LogP contribution in [0.4, 0.5) is 5.69 Å². The fourth-order valence-electron chi connectivity index (χ4n) is 2.46. The molecule has 0 aliphatic carbocycles. The van der Waals surface area contributed by atoms with Crippen LogP contribution < -0.4 is 4.90 Å². The maximum absolute atomic E-state index is 9.20. The van der Waals surface area contributed by atoms with Gasteiger partial charge in [0.05, 0.1) is 0 Å². The molecule has 1 N–H and O–H groups in total. The number of hydrogen-bond donors (Lipinski definition) is 1. The second-order valence-corrected chi connectivity index (χ2v) is 4.88. The zero-order valence-corrected chi connectivity index (χ0v) is 11.1. The van der Waals surface area contributed by atoms with Gasteiger partial charge in [-0.2, -0.15) is 0 Å². The highest BCUT2D eigenvalue weighted by Gasteiger charge is 2.18. The zero-order valence-electron chi connectivity index (χ0n) is 11.1. The van der Waals surface area contributed by atoms with Gasteiger partial charge in [0.25, 0.3) is 0 Å². The van der Waals surface area contributed by atoms with Gasteiger partial charge in [-0.3, -0.25) is 0 Å². The molecule has 18 heavy (non-hydrogen) atoms. The van der Waals surface area contributed by atoms with Gasteiger partial charge in [-0.25, -0.2) is 0 Å². The van der Waals surface area contributed by atoms with Crippen molar-refractivity contribution >= 4 is 11.5 Å². The Bertz CT molecular complexity index is 423. The van der Waals surface area contributed by atoms with E-state index < -0.39 is 0 Å². The summed E-state index contributed by atoms with van der Waals surface area (Å²) in [6.07, 6.45) is 3.79. The third-order valence-corrected chi connectivity index (χ3v) is 3.36. The Kier molecular flexibility index (Phi) is 4.07. The van der Waals surface area contributed by atoms with Crippen molar-refractivity contribution in [3.05, 3.63) is 29.8 Å². The average Bonchev–Trinajstić information content (AvgIpc) is 2.41. The summed E-state index contributed by atoms with van der Waals surface area (Å²) in [6.45, 7) is 2.17. The molecule has 1 heterocycles. The first-order chi connectivity index (χ1) is 8.74. The first kappa shape index (κ1) is 12.7. The predicted octanol–water partition coefficient (Wildman–Crippen LogP) is 2.37. The third-order valence-electron chi connectivity index (χ3n) is 3.36. The summed E-state index contributed by atoms with van der Waals surface area (Å²) in [6, 6.07) is 8.14. The molecule has 98 valence electrons. The van der Waals surface area contributed by atoms with Gasteiger partial charge in [0.15, 0.2) is 5.84 Å². The molecule has 1 aliphatic rings. The number of piperidine rings is 1. The van der Waals surface area contributed by atoms with E-state index in [4.69, 9.17) is 0 Å². The summed E-state index contributed by atoms with van der Waals surface area (Å²) in [5, 5.41) is 12.6. The van der Waals surface area contributed by atoms with E-state index in [9.17, 15) is 5.21 Å². The summed E-state index contributed by atoms with van der Waals surface area (Å²) in [5.74, 6) is 0.608. The molecule has 0 spiro atoms. The molecule has 4 heteroatoms. The minimum atomic E-state index is 0.608. The maximum atomic E-state index is 9.20. The Morgan fingerprint density at radius 3 is 2.44 bits per heavy atom. The van der Waals surface area contributed by atoms with Gasteiger partial charge in [-0.1, -0.05) is 17.3 Å².